The fraction of sp³-hybridized carbons (Fsp3) is 0.778. The van der Waals surface area contributed by atoms with Crippen molar-refractivity contribution in [3.8, 4) is 0 Å². The average molecular weight is 216 g/mol. The monoisotopic (exact) mass is 216 g/mol. The minimum absolute atomic E-state index is 0.0334. The van der Waals surface area contributed by atoms with Crippen LogP contribution in [0.2, 0.25) is 0 Å². The van der Waals surface area contributed by atoms with Gasteiger partial charge in [0.05, 0.1) is 6.61 Å². The van der Waals surface area contributed by atoms with Crippen LogP contribution in [0.25, 0.3) is 0 Å². The number of amides is 2. The molecule has 0 aromatic rings. The highest BCUT2D eigenvalue weighted by Crippen LogP contribution is 2.19. The van der Waals surface area contributed by atoms with Crippen molar-refractivity contribution in [2.45, 2.75) is 18.9 Å². The van der Waals surface area contributed by atoms with Crippen LogP contribution in [-0.2, 0) is 9.53 Å². The molecule has 1 atom stereocenters. The largest absolute Gasteiger partial charge is 0.479 e. The number of carboxylic acid groups (broad SMARTS) is 1. The molecule has 1 fully saturated rings. The predicted octanol–water partition coefficient (Wildman–Crippen LogP) is -0.109. The van der Waals surface area contributed by atoms with E-state index in [2.05, 4.69) is 5.32 Å². The molecule has 15 heavy (non-hydrogen) atoms. The molecule has 1 heterocycles. The van der Waals surface area contributed by atoms with E-state index in [9.17, 15) is 9.59 Å². The highest BCUT2D eigenvalue weighted by Gasteiger charge is 2.44. The maximum absolute atomic E-state index is 11.5. The van der Waals surface area contributed by atoms with Gasteiger partial charge in [0.1, 0.15) is 0 Å². The third-order valence-corrected chi connectivity index (χ3v) is 2.60. The summed E-state index contributed by atoms with van der Waals surface area (Å²) in [5, 5.41) is 11.6. The standard InChI is InChI=1S/C9H16N2O4/c1-3-11(2)8(14)10-9(7(12)13)4-5-15-6-9/h3-6H2,1-2H3,(H,10,14)(H,12,13). The molecule has 0 aromatic heterocycles. The van der Waals surface area contributed by atoms with E-state index in [1.807, 2.05) is 6.92 Å². The van der Waals surface area contributed by atoms with Crippen LogP contribution >= 0.6 is 0 Å². The van der Waals surface area contributed by atoms with Crippen molar-refractivity contribution >= 4 is 12.0 Å². The number of nitrogens with one attached hydrogen (secondary N) is 1. The van der Waals surface area contributed by atoms with Gasteiger partial charge in [0.2, 0.25) is 0 Å². The Hall–Kier alpha value is -1.30. The molecule has 2 amide bonds. The molecular formula is C9H16N2O4. The second-order valence-electron chi connectivity index (χ2n) is 3.63. The molecule has 1 rings (SSSR count). The summed E-state index contributed by atoms with van der Waals surface area (Å²) in [4.78, 5) is 24.0. The summed E-state index contributed by atoms with van der Waals surface area (Å²) >= 11 is 0. The molecule has 0 aromatic carbocycles. The van der Waals surface area contributed by atoms with Crippen molar-refractivity contribution in [2.75, 3.05) is 26.8 Å². The summed E-state index contributed by atoms with van der Waals surface area (Å²) < 4.78 is 5.02. The Morgan fingerprint density at radius 2 is 2.27 bits per heavy atom. The summed E-state index contributed by atoms with van der Waals surface area (Å²) in [6.45, 7) is 2.74. The van der Waals surface area contributed by atoms with E-state index >= 15 is 0 Å². The minimum atomic E-state index is -1.25. The lowest BCUT2D eigenvalue weighted by Crippen LogP contribution is -2.57. The van der Waals surface area contributed by atoms with Gasteiger partial charge in [0.25, 0.3) is 0 Å². The fourth-order valence-electron chi connectivity index (χ4n) is 1.33. The number of hydrogen-bond acceptors (Lipinski definition) is 3. The number of urea groups is 1. The molecule has 1 aliphatic heterocycles. The molecule has 86 valence electrons. The molecule has 0 saturated carbocycles. The van der Waals surface area contributed by atoms with Gasteiger partial charge in [-0.05, 0) is 6.92 Å². The Morgan fingerprint density at radius 1 is 1.60 bits per heavy atom. The van der Waals surface area contributed by atoms with Crippen molar-refractivity contribution in [1.82, 2.24) is 10.2 Å². The SMILES string of the molecule is CCN(C)C(=O)NC1(C(=O)O)CCOC1. The number of carboxylic acids is 1. The first-order valence-electron chi connectivity index (χ1n) is 4.86. The van der Waals surface area contributed by atoms with Crippen LogP contribution in [-0.4, -0.2) is 54.4 Å². The molecule has 6 nitrogen and oxygen atoms in total. The molecule has 1 aliphatic rings. The van der Waals surface area contributed by atoms with Gasteiger partial charge in [-0.15, -0.1) is 0 Å². The number of nitrogens with zero attached hydrogens (tertiary/aromatic N) is 1. The Bertz CT molecular complexity index is 261. The molecule has 0 bridgehead atoms. The summed E-state index contributed by atoms with van der Waals surface area (Å²) in [5.41, 5.74) is -1.25. The van der Waals surface area contributed by atoms with E-state index in [0.717, 1.165) is 0 Å². The van der Waals surface area contributed by atoms with E-state index < -0.39 is 11.5 Å². The Morgan fingerprint density at radius 3 is 2.67 bits per heavy atom. The van der Waals surface area contributed by atoms with Gasteiger partial charge in [-0.25, -0.2) is 9.59 Å². The van der Waals surface area contributed by atoms with Gasteiger partial charge in [-0.2, -0.15) is 0 Å². The second-order valence-corrected chi connectivity index (χ2v) is 3.63. The topological polar surface area (TPSA) is 78.9 Å². The van der Waals surface area contributed by atoms with E-state index in [1.54, 1.807) is 7.05 Å². The van der Waals surface area contributed by atoms with Gasteiger partial charge in [-0.3, -0.25) is 0 Å². The maximum atomic E-state index is 11.5. The lowest BCUT2D eigenvalue weighted by atomic mass is 9.99. The van der Waals surface area contributed by atoms with Crippen LogP contribution in [0.15, 0.2) is 0 Å². The summed E-state index contributed by atoms with van der Waals surface area (Å²) in [5.74, 6) is -1.04. The van der Waals surface area contributed by atoms with E-state index in [4.69, 9.17) is 9.84 Å². The molecular weight excluding hydrogens is 200 g/mol. The quantitative estimate of drug-likeness (QED) is 0.690. The zero-order valence-electron chi connectivity index (χ0n) is 8.95. The third-order valence-electron chi connectivity index (χ3n) is 2.60. The highest BCUT2D eigenvalue weighted by molar-refractivity contribution is 5.86. The van der Waals surface area contributed by atoms with Crippen molar-refractivity contribution < 1.29 is 19.4 Å². The predicted molar refractivity (Wildman–Crippen MR) is 52.6 cm³/mol. The van der Waals surface area contributed by atoms with Crippen molar-refractivity contribution in [1.29, 1.82) is 0 Å². The third kappa shape index (κ3) is 2.38. The van der Waals surface area contributed by atoms with Crippen LogP contribution in [0.3, 0.4) is 0 Å². The normalized spacial score (nSPS) is 24.9. The van der Waals surface area contributed by atoms with Gasteiger partial charge >= 0.3 is 12.0 Å². The van der Waals surface area contributed by atoms with Crippen LogP contribution in [0.1, 0.15) is 13.3 Å². The van der Waals surface area contributed by atoms with Gasteiger partial charge in [0.15, 0.2) is 5.54 Å². The molecule has 1 unspecified atom stereocenters. The lowest BCUT2D eigenvalue weighted by molar-refractivity contribution is -0.144. The number of rotatable bonds is 3. The Balaban J connectivity index is 2.67. The van der Waals surface area contributed by atoms with Gasteiger partial charge < -0.3 is 20.1 Å². The van der Waals surface area contributed by atoms with Gasteiger partial charge in [0, 0.05) is 26.6 Å². The Labute approximate surface area is 88.2 Å². The first-order valence-corrected chi connectivity index (χ1v) is 4.86. The van der Waals surface area contributed by atoms with Crippen LogP contribution in [0.4, 0.5) is 4.79 Å². The number of carbonyl (C=O) groups excluding carboxylic acids is 1. The van der Waals surface area contributed by atoms with Crippen LogP contribution < -0.4 is 5.32 Å². The van der Waals surface area contributed by atoms with Crippen molar-refractivity contribution in [2.24, 2.45) is 0 Å². The number of carbonyl (C=O) groups is 2. The first kappa shape index (κ1) is 11.8. The summed E-state index contributed by atoms with van der Waals surface area (Å²) in [7, 11) is 1.61. The molecule has 0 spiro atoms. The first-order chi connectivity index (χ1) is 7.02. The number of aliphatic carboxylic acids is 1. The van der Waals surface area contributed by atoms with Crippen LogP contribution in [0, 0.1) is 0 Å². The average Bonchev–Trinajstić information content (AvgIpc) is 2.66. The highest BCUT2D eigenvalue weighted by atomic mass is 16.5. The Kier molecular flexibility index (Phi) is 3.52. The number of hydrogen-bond donors (Lipinski definition) is 2. The maximum Gasteiger partial charge on any atom is 0.332 e. The van der Waals surface area contributed by atoms with Crippen LogP contribution in [0.5, 0.6) is 0 Å². The van der Waals surface area contributed by atoms with E-state index in [-0.39, 0.29) is 12.6 Å². The number of ether oxygens (including phenoxy) is 1. The zero-order chi connectivity index (χ0) is 11.5. The van der Waals surface area contributed by atoms with E-state index in [1.165, 1.54) is 4.90 Å². The lowest BCUT2D eigenvalue weighted by Gasteiger charge is -2.26. The zero-order valence-corrected chi connectivity index (χ0v) is 8.95. The molecule has 0 aliphatic carbocycles. The molecule has 6 heteroatoms. The molecule has 1 saturated heterocycles. The second kappa shape index (κ2) is 4.48. The fourth-order valence-corrected chi connectivity index (χ4v) is 1.33. The summed E-state index contributed by atoms with van der Waals surface area (Å²) in [6.07, 6.45) is 0.311. The summed E-state index contributed by atoms with van der Waals surface area (Å²) in [6, 6.07) is -0.384. The molecule has 0 radical (unpaired) electrons. The molecule has 2 N–H and O–H groups in total. The van der Waals surface area contributed by atoms with Crippen molar-refractivity contribution in [3.63, 3.8) is 0 Å². The smallest absolute Gasteiger partial charge is 0.332 e. The van der Waals surface area contributed by atoms with E-state index in [0.29, 0.717) is 19.6 Å². The minimum Gasteiger partial charge on any atom is -0.479 e. The van der Waals surface area contributed by atoms with Gasteiger partial charge in [-0.1, -0.05) is 0 Å². The van der Waals surface area contributed by atoms with Crippen molar-refractivity contribution in [3.05, 3.63) is 0 Å².